The predicted molar refractivity (Wildman–Crippen MR) is 101 cm³/mol. The van der Waals surface area contributed by atoms with Crippen molar-refractivity contribution in [3.8, 4) is 11.1 Å². The highest BCUT2D eigenvalue weighted by Gasteiger charge is 2.28. The van der Waals surface area contributed by atoms with Gasteiger partial charge in [0.2, 0.25) is 0 Å². The van der Waals surface area contributed by atoms with E-state index in [-0.39, 0.29) is 11.9 Å². The van der Waals surface area contributed by atoms with E-state index in [0.29, 0.717) is 37.0 Å². The summed E-state index contributed by atoms with van der Waals surface area (Å²) in [6.45, 7) is 6.21. The quantitative estimate of drug-likeness (QED) is 0.711. The first-order valence-electron chi connectivity index (χ1n) is 9.26. The molecule has 1 fully saturated rings. The Kier molecular flexibility index (Phi) is 4.85. The van der Waals surface area contributed by atoms with Crippen LogP contribution in [0.5, 0.6) is 0 Å². The lowest BCUT2D eigenvalue weighted by molar-refractivity contribution is -0.00746. The van der Waals surface area contributed by atoms with Crippen LogP contribution in [0.4, 0.5) is 0 Å². The molecule has 140 valence electrons. The summed E-state index contributed by atoms with van der Waals surface area (Å²) >= 11 is 0. The van der Waals surface area contributed by atoms with Crippen LogP contribution in [0, 0.1) is 5.92 Å². The third-order valence-electron chi connectivity index (χ3n) is 4.85. The number of hydrogen-bond acceptors (Lipinski definition) is 5. The summed E-state index contributed by atoms with van der Waals surface area (Å²) in [6.07, 6.45) is 6.27. The molecular weight excluding hydrogens is 342 g/mol. The minimum atomic E-state index is 0.0721. The normalized spacial score (nSPS) is 17.6. The van der Waals surface area contributed by atoms with Gasteiger partial charge in [-0.2, -0.15) is 0 Å². The maximum absolute atomic E-state index is 13.0. The number of ether oxygens (including phenoxy) is 1. The predicted octanol–water partition coefficient (Wildman–Crippen LogP) is 2.68. The van der Waals surface area contributed by atoms with E-state index in [1.54, 1.807) is 16.9 Å². The molecule has 1 aromatic carbocycles. The first-order chi connectivity index (χ1) is 13.1. The monoisotopic (exact) mass is 365 g/mol. The Morgan fingerprint density at radius 2 is 2.07 bits per heavy atom. The highest BCUT2D eigenvalue weighted by Crippen LogP contribution is 2.22. The maximum Gasteiger partial charge on any atom is 0.254 e. The molecule has 27 heavy (non-hydrogen) atoms. The number of nitrogens with zero attached hydrogens (tertiary/aromatic N) is 5. The number of aromatic nitrogens is 4. The molecule has 7 heteroatoms. The molecule has 1 saturated heterocycles. The van der Waals surface area contributed by atoms with Gasteiger partial charge in [-0.05, 0) is 30.0 Å². The number of rotatable bonds is 4. The zero-order valence-electron chi connectivity index (χ0n) is 15.6. The minimum Gasteiger partial charge on any atom is -0.377 e. The molecule has 7 nitrogen and oxygen atoms in total. The number of amides is 1. The SMILES string of the molecule is CC(C)CC1COCCN1C(=O)c1ccc(-c2cnc3nncn3c2)cc1. The van der Waals surface area contributed by atoms with E-state index in [0.717, 1.165) is 17.5 Å². The van der Waals surface area contributed by atoms with Crippen LogP contribution in [-0.2, 0) is 4.74 Å². The van der Waals surface area contributed by atoms with Gasteiger partial charge < -0.3 is 9.64 Å². The molecule has 1 aliphatic heterocycles. The van der Waals surface area contributed by atoms with Gasteiger partial charge in [0.25, 0.3) is 11.7 Å². The van der Waals surface area contributed by atoms with Crippen molar-refractivity contribution in [1.82, 2.24) is 24.5 Å². The van der Waals surface area contributed by atoms with Crippen molar-refractivity contribution < 1.29 is 9.53 Å². The molecule has 1 aliphatic rings. The van der Waals surface area contributed by atoms with Crippen molar-refractivity contribution in [1.29, 1.82) is 0 Å². The smallest absolute Gasteiger partial charge is 0.254 e. The lowest BCUT2D eigenvalue weighted by Gasteiger charge is -2.36. The van der Waals surface area contributed by atoms with Gasteiger partial charge in [-0.25, -0.2) is 4.98 Å². The van der Waals surface area contributed by atoms with Crippen LogP contribution in [0.25, 0.3) is 16.9 Å². The number of fused-ring (bicyclic) bond motifs is 1. The van der Waals surface area contributed by atoms with E-state index in [1.807, 2.05) is 35.4 Å². The van der Waals surface area contributed by atoms with Gasteiger partial charge in [0.05, 0.1) is 19.3 Å². The standard InChI is InChI=1S/C20H23N5O2/c1-14(2)9-18-12-27-8-7-25(18)19(26)16-5-3-15(4-6-16)17-10-21-20-23-22-13-24(20)11-17/h3-6,10-11,13-14,18H,7-9,12H2,1-2H3. The fourth-order valence-electron chi connectivity index (χ4n) is 3.51. The summed E-state index contributed by atoms with van der Waals surface area (Å²) in [5.41, 5.74) is 2.65. The van der Waals surface area contributed by atoms with Gasteiger partial charge in [0.15, 0.2) is 0 Å². The van der Waals surface area contributed by atoms with Crippen LogP contribution >= 0.6 is 0 Å². The van der Waals surface area contributed by atoms with E-state index < -0.39 is 0 Å². The van der Waals surface area contributed by atoms with E-state index in [9.17, 15) is 4.79 Å². The summed E-state index contributed by atoms with van der Waals surface area (Å²) in [5.74, 6) is 1.16. The molecule has 1 atom stereocenters. The van der Waals surface area contributed by atoms with Crippen LogP contribution in [0.3, 0.4) is 0 Å². The topological polar surface area (TPSA) is 72.6 Å². The van der Waals surface area contributed by atoms with Gasteiger partial charge in [-0.1, -0.05) is 26.0 Å². The molecule has 3 heterocycles. The van der Waals surface area contributed by atoms with E-state index in [1.165, 1.54) is 0 Å². The molecule has 2 aromatic heterocycles. The Bertz CT molecular complexity index is 935. The molecular formula is C20H23N5O2. The highest BCUT2D eigenvalue weighted by molar-refractivity contribution is 5.95. The molecule has 1 amide bonds. The van der Waals surface area contributed by atoms with Crippen molar-refractivity contribution in [2.24, 2.45) is 5.92 Å². The zero-order chi connectivity index (χ0) is 18.8. The van der Waals surface area contributed by atoms with Crippen LogP contribution in [-0.4, -0.2) is 56.2 Å². The molecule has 0 spiro atoms. The van der Waals surface area contributed by atoms with Crippen molar-refractivity contribution >= 4 is 11.7 Å². The molecule has 0 bridgehead atoms. The van der Waals surface area contributed by atoms with Crippen molar-refractivity contribution in [3.05, 3.63) is 48.5 Å². The first kappa shape index (κ1) is 17.6. The Morgan fingerprint density at radius 1 is 1.26 bits per heavy atom. The van der Waals surface area contributed by atoms with Crippen molar-refractivity contribution in [2.45, 2.75) is 26.3 Å². The second kappa shape index (κ2) is 7.44. The molecule has 3 aromatic rings. The van der Waals surface area contributed by atoms with Crippen molar-refractivity contribution in [3.63, 3.8) is 0 Å². The van der Waals surface area contributed by atoms with Crippen LogP contribution < -0.4 is 0 Å². The van der Waals surface area contributed by atoms with Crippen LogP contribution in [0.15, 0.2) is 43.0 Å². The minimum absolute atomic E-state index is 0.0721. The number of carbonyl (C=O) groups excluding carboxylic acids is 1. The average Bonchev–Trinajstić information content (AvgIpc) is 3.15. The maximum atomic E-state index is 13.0. The highest BCUT2D eigenvalue weighted by atomic mass is 16.5. The fourth-order valence-corrected chi connectivity index (χ4v) is 3.51. The third-order valence-corrected chi connectivity index (χ3v) is 4.85. The van der Waals surface area contributed by atoms with E-state index in [2.05, 4.69) is 29.0 Å². The molecule has 0 saturated carbocycles. The molecule has 4 rings (SSSR count). The summed E-state index contributed by atoms with van der Waals surface area (Å²) < 4.78 is 7.37. The molecule has 1 unspecified atom stereocenters. The summed E-state index contributed by atoms with van der Waals surface area (Å²) in [4.78, 5) is 19.3. The largest absolute Gasteiger partial charge is 0.377 e. The van der Waals surface area contributed by atoms with Gasteiger partial charge in [-0.15, -0.1) is 10.2 Å². The first-order valence-corrected chi connectivity index (χ1v) is 9.26. The molecule has 0 N–H and O–H groups in total. The Morgan fingerprint density at radius 3 is 2.85 bits per heavy atom. The van der Waals surface area contributed by atoms with Gasteiger partial charge in [-0.3, -0.25) is 9.20 Å². The van der Waals surface area contributed by atoms with Crippen LogP contribution in [0.2, 0.25) is 0 Å². The summed E-state index contributed by atoms with van der Waals surface area (Å²) in [7, 11) is 0. The summed E-state index contributed by atoms with van der Waals surface area (Å²) in [6, 6.07) is 7.83. The Labute approximate surface area is 158 Å². The van der Waals surface area contributed by atoms with Crippen LogP contribution in [0.1, 0.15) is 30.6 Å². The second-order valence-electron chi connectivity index (χ2n) is 7.32. The molecule has 0 radical (unpaired) electrons. The number of hydrogen-bond donors (Lipinski definition) is 0. The fraction of sp³-hybridized carbons (Fsp3) is 0.400. The number of benzene rings is 1. The number of morpholine rings is 1. The number of carbonyl (C=O) groups is 1. The lowest BCUT2D eigenvalue weighted by Crippen LogP contribution is -2.49. The zero-order valence-corrected chi connectivity index (χ0v) is 15.6. The van der Waals surface area contributed by atoms with Crippen molar-refractivity contribution in [2.75, 3.05) is 19.8 Å². The third kappa shape index (κ3) is 3.68. The summed E-state index contributed by atoms with van der Waals surface area (Å²) in [5, 5.41) is 7.75. The van der Waals surface area contributed by atoms with E-state index in [4.69, 9.17) is 4.74 Å². The second-order valence-corrected chi connectivity index (χ2v) is 7.32. The van der Waals surface area contributed by atoms with Gasteiger partial charge in [0, 0.05) is 30.1 Å². The lowest BCUT2D eigenvalue weighted by atomic mass is 10.0. The molecule has 0 aliphatic carbocycles. The van der Waals surface area contributed by atoms with E-state index >= 15 is 0 Å². The Balaban J connectivity index is 1.54. The Hall–Kier alpha value is -2.80. The average molecular weight is 365 g/mol. The van der Waals surface area contributed by atoms with Gasteiger partial charge in [0.1, 0.15) is 6.33 Å². The van der Waals surface area contributed by atoms with Gasteiger partial charge >= 0.3 is 0 Å².